The van der Waals surface area contributed by atoms with Crippen molar-refractivity contribution in [3.05, 3.63) is 66.2 Å². The van der Waals surface area contributed by atoms with E-state index in [4.69, 9.17) is 0 Å². The molecule has 1 heterocycles. The Morgan fingerprint density at radius 3 is 2.27 bits per heavy atom. The van der Waals surface area contributed by atoms with Crippen LogP contribution in [0.1, 0.15) is 12.5 Å². The van der Waals surface area contributed by atoms with Crippen LogP contribution < -0.4 is 10.1 Å². The molecule has 0 aliphatic rings. The zero-order valence-corrected chi connectivity index (χ0v) is 16.8. The topological polar surface area (TPSA) is 64.1 Å². The standard InChI is InChI=1S/C21H18F3N3O2S/c1-2-14-3-5-15(6-4-14)18-11-12-20(27-26-18)30-13-19(28)25-16-7-9-17(10-8-16)29-21(22,23)24/h3-12H,2,13H2,1H3,(H,25,28). The highest BCUT2D eigenvalue weighted by atomic mass is 32.2. The van der Waals surface area contributed by atoms with Crippen LogP contribution in [0, 0.1) is 0 Å². The molecule has 9 heteroatoms. The first-order valence-electron chi connectivity index (χ1n) is 9.04. The number of benzene rings is 2. The van der Waals surface area contributed by atoms with E-state index < -0.39 is 6.36 Å². The average molecular weight is 433 g/mol. The number of nitrogens with zero attached hydrogens (tertiary/aromatic N) is 2. The number of aromatic nitrogens is 2. The first-order chi connectivity index (χ1) is 14.3. The molecule has 2 aromatic carbocycles. The Morgan fingerprint density at radius 2 is 1.70 bits per heavy atom. The minimum Gasteiger partial charge on any atom is -0.406 e. The summed E-state index contributed by atoms with van der Waals surface area (Å²) in [7, 11) is 0. The Morgan fingerprint density at radius 1 is 1.00 bits per heavy atom. The number of anilines is 1. The van der Waals surface area contributed by atoms with Gasteiger partial charge in [-0.05, 0) is 48.4 Å². The molecule has 1 amide bonds. The molecule has 0 saturated heterocycles. The summed E-state index contributed by atoms with van der Waals surface area (Å²) in [6, 6.07) is 16.6. The van der Waals surface area contributed by atoms with Gasteiger partial charge in [0.15, 0.2) is 0 Å². The lowest BCUT2D eigenvalue weighted by Gasteiger charge is -2.10. The smallest absolute Gasteiger partial charge is 0.406 e. The molecular weight excluding hydrogens is 415 g/mol. The maximum Gasteiger partial charge on any atom is 0.573 e. The van der Waals surface area contributed by atoms with Gasteiger partial charge in [-0.15, -0.1) is 23.4 Å². The van der Waals surface area contributed by atoms with Gasteiger partial charge in [0.2, 0.25) is 5.91 Å². The van der Waals surface area contributed by atoms with Crippen molar-refractivity contribution in [2.45, 2.75) is 24.7 Å². The largest absolute Gasteiger partial charge is 0.573 e. The van der Waals surface area contributed by atoms with Gasteiger partial charge in [-0.1, -0.05) is 43.0 Å². The van der Waals surface area contributed by atoms with Crippen LogP contribution >= 0.6 is 11.8 Å². The molecule has 0 spiro atoms. The summed E-state index contributed by atoms with van der Waals surface area (Å²) >= 11 is 1.21. The van der Waals surface area contributed by atoms with Crippen LogP contribution in [-0.4, -0.2) is 28.2 Å². The number of carbonyl (C=O) groups is 1. The number of aryl methyl sites for hydroxylation is 1. The number of rotatable bonds is 7. The molecule has 156 valence electrons. The van der Waals surface area contributed by atoms with Crippen molar-refractivity contribution < 1.29 is 22.7 Å². The lowest BCUT2D eigenvalue weighted by atomic mass is 10.1. The number of hydrogen-bond donors (Lipinski definition) is 1. The van der Waals surface area contributed by atoms with Gasteiger partial charge in [0.05, 0.1) is 11.4 Å². The third-order valence-electron chi connectivity index (χ3n) is 4.02. The van der Waals surface area contributed by atoms with Gasteiger partial charge < -0.3 is 10.1 Å². The monoisotopic (exact) mass is 433 g/mol. The van der Waals surface area contributed by atoms with E-state index in [2.05, 4.69) is 27.2 Å². The Hall–Kier alpha value is -3.07. The summed E-state index contributed by atoms with van der Waals surface area (Å²) < 4.78 is 40.3. The van der Waals surface area contributed by atoms with Gasteiger partial charge in [-0.3, -0.25) is 4.79 Å². The fourth-order valence-electron chi connectivity index (χ4n) is 2.54. The number of alkyl halides is 3. The number of amides is 1. The van der Waals surface area contributed by atoms with E-state index in [1.165, 1.54) is 29.5 Å². The van der Waals surface area contributed by atoms with E-state index in [9.17, 15) is 18.0 Å². The van der Waals surface area contributed by atoms with Gasteiger partial charge in [-0.2, -0.15) is 0 Å². The molecule has 0 atom stereocenters. The molecule has 30 heavy (non-hydrogen) atoms. The summed E-state index contributed by atoms with van der Waals surface area (Å²) in [6.07, 6.45) is -3.79. The van der Waals surface area contributed by atoms with Crippen molar-refractivity contribution in [3.8, 4) is 17.0 Å². The molecule has 1 aromatic heterocycles. The normalized spacial score (nSPS) is 11.2. The summed E-state index contributed by atoms with van der Waals surface area (Å²) in [5.41, 5.74) is 3.32. The highest BCUT2D eigenvalue weighted by Crippen LogP contribution is 2.24. The molecule has 5 nitrogen and oxygen atoms in total. The van der Waals surface area contributed by atoms with Crippen LogP contribution in [0.15, 0.2) is 65.7 Å². The molecule has 0 saturated carbocycles. The zero-order chi connectivity index (χ0) is 21.6. The quantitative estimate of drug-likeness (QED) is 0.510. The number of carbonyl (C=O) groups excluding carboxylic acids is 1. The number of nitrogens with one attached hydrogen (secondary N) is 1. The van der Waals surface area contributed by atoms with Crippen LogP contribution in [-0.2, 0) is 11.2 Å². The molecule has 0 aliphatic carbocycles. The predicted molar refractivity (Wildman–Crippen MR) is 109 cm³/mol. The van der Waals surface area contributed by atoms with Crippen LogP contribution in [0.5, 0.6) is 5.75 Å². The minimum absolute atomic E-state index is 0.0834. The highest BCUT2D eigenvalue weighted by Gasteiger charge is 2.30. The maximum absolute atomic E-state index is 12.2. The van der Waals surface area contributed by atoms with Crippen LogP contribution in [0.3, 0.4) is 0 Å². The first kappa shape index (κ1) is 21.6. The highest BCUT2D eigenvalue weighted by molar-refractivity contribution is 7.99. The van der Waals surface area contributed by atoms with Gasteiger partial charge in [-0.25, -0.2) is 0 Å². The second-order valence-corrected chi connectivity index (χ2v) is 7.21. The van der Waals surface area contributed by atoms with Crippen molar-refractivity contribution >= 4 is 23.4 Å². The molecule has 3 rings (SSSR count). The molecule has 0 bridgehead atoms. The van der Waals surface area contributed by atoms with E-state index in [1.54, 1.807) is 6.07 Å². The molecule has 3 aromatic rings. The minimum atomic E-state index is -4.75. The summed E-state index contributed by atoms with van der Waals surface area (Å²) in [6.45, 7) is 2.09. The molecule has 0 aliphatic heterocycles. The number of thioether (sulfide) groups is 1. The van der Waals surface area contributed by atoms with E-state index >= 15 is 0 Å². The van der Waals surface area contributed by atoms with E-state index in [-0.39, 0.29) is 17.4 Å². The van der Waals surface area contributed by atoms with Crippen LogP contribution in [0.2, 0.25) is 0 Å². The third-order valence-corrected chi connectivity index (χ3v) is 4.94. The van der Waals surface area contributed by atoms with Gasteiger partial charge >= 0.3 is 6.36 Å². The van der Waals surface area contributed by atoms with Crippen molar-refractivity contribution in [2.24, 2.45) is 0 Å². The van der Waals surface area contributed by atoms with Gasteiger partial charge in [0, 0.05) is 11.3 Å². The van der Waals surface area contributed by atoms with Crippen molar-refractivity contribution in [2.75, 3.05) is 11.1 Å². The van der Waals surface area contributed by atoms with Crippen LogP contribution in [0.25, 0.3) is 11.3 Å². The second kappa shape index (κ2) is 9.62. The zero-order valence-electron chi connectivity index (χ0n) is 15.9. The molecule has 0 unspecified atom stereocenters. The summed E-state index contributed by atoms with van der Waals surface area (Å²) in [5, 5.41) is 11.5. The number of ether oxygens (including phenoxy) is 1. The fraction of sp³-hybridized carbons (Fsp3) is 0.190. The Balaban J connectivity index is 1.50. The Labute approximate surface area is 175 Å². The summed E-state index contributed by atoms with van der Waals surface area (Å²) in [4.78, 5) is 12.1. The van der Waals surface area contributed by atoms with Gasteiger partial charge in [0.25, 0.3) is 0 Å². The summed E-state index contributed by atoms with van der Waals surface area (Å²) in [5.74, 6) is -0.583. The molecule has 0 fully saturated rings. The Kier molecular flexibility index (Phi) is 6.94. The molecule has 1 N–H and O–H groups in total. The molecular formula is C21H18F3N3O2S. The number of halogens is 3. The van der Waals surface area contributed by atoms with Crippen molar-refractivity contribution in [1.29, 1.82) is 0 Å². The lowest BCUT2D eigenvalue weighted by Crippen LogP contribution is -2.17. The van der Waals surface area contributed by atoms with E-state index in [0.717, 1.165) is 29.8 Å². The predicted octanol–water partition coefficient (Wildman–Crippen LogP) is 5.34. The number of hydrogen-bond acceptors (Lipinski definition) is 5. The van der Waals surface area contributed by atoms with E-state index in [0.29, 0.717) is 10.7 Å². The fourth-order valence-corrected chi connectivity index (χ4v) is 3.15. The first-order valence-corrected chi connectivity index (χ1v) is 10.0. The van der Waals surface area contributed by atoms with Crippen LogP contribution in [0.4, 0.5) is 18.9 Å². The SMILES string of the molecule is CCc1ccc(-c2ccc(SCC(=O)Nc3ccc(OC(F)(F)F)cc3)nn2)cc1. The lowest BCUT2D eigenvalue weighted by molar-refractivity contribution is -0.274. The Bertz CT molecular complexity index is 976. The maximum atomic E-state index is 12.2. The average Bonchev–Trinajstić information content (AvgIpc) is 2.73. The third kappa shape index (κ3) is 6.48. The van der Waals surface area contributed by atoms with Crippen molar-refractivity contribution in [3.63, 3.8) is 0 Å². The molecule has 0 radical (unpaired) electrons. The second-order valence-electron chi connectivity index (χ2n) is 6.22. The van der Waals surface area contributed by atoms with Crippen molar-refractivity contribution in [1.82, 2.24) is 10.2 Å². The van der Waals surface area contributed by atoms with E-state index in [1.807, 2.05) is 30.3 Å². The van der Waals surface area contributed by atoms with Gasteiger partial charge in [0.1, 0.15) is 10.8 Å².